The van der Waals surface area contributed by atoms with Crippen molar-refractivity contribution in [3.05, 3.63) is 34.9 Å². The van der Waals surface area contributed by atoms with Crippen LogP contribution in [0.25, 0.3) is 0 Å². The Balaban J connectivity index is 2.46. The van der Waals surface area contributed by atoms with Crippen LogP contribution in [-0.2, 0) is 16.6 Å². The first-order valence-corrected chi connectivity index (χ1v) is 8.83. The van der Waals surface area contributed by atoms with Gasteiger partial charge in [0.25, 0.3) is 0 Å². The van der Waals surface area contributed by atoms with Gasteiger partial charge < -0.3 is 5.32 Å². The molecule has 0 bridgehead atoms. The summed E-state index contributed by atoms with van der Waals surface area (Å²) in [6, 6.07) is 7.27. The predicted molar refractivity (Wildman–Crippen MR) is 84.5 cm³/mol. The van der Waals surface area contributed by atoms with Gasteiger partial charge in [-0.2, -0.15) is 0 Å². The second kappa shape index (κ2) is 8.62. The summed E-state index contributed by atoms with van der Waals surface area (Å²) in [6.45, 7) is 4.10. The fourth-order valence-electron chi connectivity index (χ4n) is 1.83. The summed E-state index contributed by atoms with van der Waals surface area (Å²) in [6.07, 6.45) is 1.68. The van der Waals surface area contributed by atoms with E-state index in [1.165, 1.54) is 4.31 Å². The molecule has 0 atom stereocenters. The Kier molecular flexibility index (Phi) is 7.51. The lowest BCUT2D eigenvalue weighted by atomic mass is 10.2. The van der Waals surface area contributed by atoms with Crippen molar-refractivity contribution in [2.75, 3.05) is 25.9 Å². The van der Waals surface area contributed by atoms with Crippen LogP contribution in [0.3, 0.4) is 0 Å². The molecule has 0 fully saturated rings. The first-order valence-electron chi connectivity index (χ1n) is 6.85. The van der Waals surface area contributed by atoms with Crippen LogP contribution in [-0.4, -0.2) is 38.6 Å². The molecule has 0 heterocycles. The zero-order chi connectivity index (χ0) is 15.0. The molecule has 0 aliphatic rings. The van der Waals surface area contributed by atoms with E-state index in [1.54, 1.807) is 19.2 Å². The molecule has 0 saturated heterocycles. The van der Waals surface area contributed by atoms with Crippen LogP contribution in [0.15, 0.2) is 24.3 Å². The van der Waals surface area contributed by atoms with Crippen LogP contribution in [0.2, 0.25) is 5.02 Å². The number of halogens is 1. The van der Waals surface area contributed by atoms with Crippen LogP contribution in [0, 0.1) is 0 Å². The Hall–Kier alpha value is -0.620. The largest absolute Gasteiger partial charge is 0.317 e. The highest BCUT2D eigenvalue weighted by molar-refractivity contribution is 7.89. The Morgan fingerprint density at radius 1 is 1.30 bits per heavy atom. The Labute approximate surface area is 127 Å². The van der Waals surface area contributed by atoms with Crippen molar-refractivity contribution in [1.29, 1.82) is 0 Å². The second-order valence-electron chi connectivity index (χ2n) is 4.81. The number of hydrogen-bond donors (Lipinski definition) is 1. The molecule has 0 radical (unpaired) electrons. The van der Waals surface area contributed by atoms with Gasteiger partial charge in [-0.05, 0) is 43.6 Å². The third-order valence-corrected chi connectivity index (χ3v) is 5.07. The zero-order valence-electron chi connectivity index (χ0n) is 12.1. The summed E-state index contributed by atoms with van der Waals surface area (Å²) >= 11 is 5.90. The highest BCUT2D eigenvalue weighted by Crippen LogP contribution is 2.14. The van der Waals surface area contributed by atoms with Crippen LogP contribution in [0.1, 0.15) is 25.3 Å². The Morgan fingerprint density at radius 3 is 2.70 bits per heavy atom. The molecule has 1 aromatic rings. The number of nitrogens with one attached hydrogen (secondary N) is 1. The van der Waals surface area contributed by atoms with E-state index in [9.17, 15) is 8.42 Å². The van der Waals surface area contributed by atoms with Gasteiger partial charge in [-0.25, -0.2) is 12.7 Å². The lowest BCUT2D eigenvalue weighted by Crippen LogP contribution is -2.30. The van der Waals surface area contributed by atoms with Crippen LogP contribution < -0.4 is 5.32 Å². The topological polar surface area (TPSA) is 49.4 Å². The Bertz CT molecular complexity index is 506. The summed E-state index contributed by atoms with van der Waals surface area (Å²) in [5, 5.41) is 3.83. The van der Waals surface area contributed by atoms with Gasteiger partial charge in [-0.3, -0.25) is 0 Å². The van der Waals surface area contributed by atoms with Crippen molar-refractivity contribution in [1.82, 2.24) is 9.62 Å². The third-order valence-electron chi connectivity index (χ3n) is 2.95. The van der Waals surface area contributed by atoms with Crippen LogP contribution >= 0.6 is 11.6 Å². The SMILES string of the molecule is CCCNCCCS(=O)(=O)N(C)Cc1cccc(Cl)c1. The smallest absolute Gasteiger partial charge is 0.214 e. The fraction of sp³-hybridized carbons (Fsp3) is 0.571. The quantitative estimate of drug-likeness (QED) is 0.712. The molecule has 6 heteroatoms. The van der Waals surface area contributed by atoms with E-state index in [-0.39, 0.29) is 5.75 Å². The van der Waals surface area contributed by atoms with Crippen molar-refractivity contribution >= 4 is 21.6 Å². The van der Waals surface area contributed by atoms with Crippen LogP contribution in [0.4, 0.5) is 0 Å². The summed E-state index contributed by atoms with van der Waals surface area (Å²) in [4.78, 5) is 0. The van der Waals surface area contributed by atoms with Gasteiger partial charge in [0, 0.05) is 18.6 Å². The normalized spacial score (nSPS) is 12.0. The summed E-state index contributed by atoms with van der Waals surface area (Å²) in [5.74, 6) is 0.167. The van der Waals surface area contributed by atoms with Crippen molar-refractivity contribution in [3.63, 3.8) is 0 Å². The molecule has 0 aliphatic heterocycles. The Morgan fingerprint density at radius 2 is 2.05 bits per heavy atom. The first kappa shape index (κ1) is 17.4. The molecule has 0 aliphatic carbocycles. The minimum Gasteiger partial charge on any atom is -0.317 e. The molecule has 0 aromatic heterocycles. The predicted octanol–water partition coefficient (Wildman–Crippen LogP) is 2.49. The molecule has 1 aromatic carbocycles. The number of rotatable bonds is 9. The van der Waals surface area contributed by atoms with Gasteiger partial charge in [-0.15, -0.1) is 0 Å². The molecular weight excluding hydrogens is 296 g/mol. The number of nitrogens with zero attached hydrogens (tertiary/aromatic N) is 1. The maximum Gasteiger partial charge on any atom is 0.214 e. The third kappa shape index (κ3) is 6.22. The average Bonchev–Trinajstić information content (AvgIpc) is 2.38. The van der Waals surface area contributed by atoms with Gasteiger partial charge in [-0.1, -0.05) is 30.7 Å². The van der Waals surface area contributed by atoms with E-state index in [0.29, 0.717) is 18.0 Å². The maximum absolute atomic E-state index is 12.1. The first-order chi connectivity index (χ1) is 9.45. The van der Waals surface area contributed by atoms with E-state index >= 15 is 0 Å². The molecule has 4 nitrogen and oxygen atoms in total. The van der Waals surface area contributed by atoms with Crippen molar-refractivity contribution in [3.8, 4) is 0 Å². The van der Waals surface area contributed by atoms with E-state index < -0.39 is 10.0 Å². The minimum absolute atomic E-state index is 0.167. The minimum atomic E-state index is -3.21. The van der Waals surface area contributed by atoms with Gasteiger partial charge in [0.2, 0.25) is 10.0 Å². The van der Waals surface area contributed by atoms with E-state index in [0.717, 1.165) is 25.1 Å². The lowest BCUT2D eigenvalue weighted by molar-refractivity contribution is 0.464. The molecule has 114 valence electrons. The average molecular weight is 319 g/mol. The zero-order valence-corrected chi connectivity index (χ0v) is 13.7. The van der Waals surface area contributed by atoms with Crippen LogP contribution in [0.5, 0.6) is 0 Å². The molecular formula is C14H23ClN2O2S. The van der Waals surface area contributed by atoms with Gasteiger partial charge in [0.1, 0.15) is 0 Å². The molecule has 1 N–H and O–H groups in total. The lowest BCUT2D eigenvalue weighted by Gasteiger charge is -2.17. The number of benzene rings is 1. The van der Waals surface area contributed by atoms with Crippen molar-refractivity contribution < 1.29 is 8.42 Å². The summed E-state index contributed by atoms with van der Waals surface area (Å²) in [7, 11) is -1.60. The molecule has 1 rings (SSSR count). The van der Waals surface area contributed by atoms with E-state index in [4.69, 9.17) is 11.6 Å². The summed E-state index contributed by atoms with van der Waals surface area (Å²) in [5.41, 5.74) is 0.896. The van der Waals surface area contributed by atoms with Crippen molar-refractivity contribution in [2.24, 2.45) is 0 Å². The monoisotopic (exact) mass is 318 g/mol. The molecule has 0 amide bonds. The molecule has 0 unspecified atom stereocenters. The van der Waals surface area contributed by atoms with E-state index in [2.05, 4.69) is 12.2 Å². The highest BCUT2D eigenvalue weighted by Gasteiger charge is 2.17. The number of hydrogen-bond acceptors (Lipinski definition) is 3. The van der Waals surface area contributed by atoms with E-state index in [1.807, 2.05) is 12.1 Å². The fourth-order valence-corrected chi connectivity index (χ4v) is 3.21. The van der Waals surface area contributed by atoms with Gasteiger partial charge in [0.05, 0.1) is 5.75 Å². The van der Waals surface area contributed by atoms with Gasteiger partial charge >= 0.3 is 0 Å². The summed E-state index contributed by atoms with van der Waals surface area (Å²) < 4.78 is 25.6. The molecule has 0 saturated carbocycles. The second-order valence-corrected chi connectivity index (χ2v) is 7.44. The highest BCUT2D eigenvalue weighted by atomic mass is 35.5. The molecule has 0 spiro atoms. The molecule has 20 heavy (non-hydrogen) atoms. The number of sulfonamides is 1. The maximum atomic E-state index is 12.1. The van der Waals surface area contributed by atoms with Crippen molar-refractivity contribution in [2.45, 2.75) is 26.3 Å². The standard InChI is InChI=1S/C14H23ClN2O2S/c1-3-8-16-9-5-10-20(18,19)17(2)12-13-6-4-7-14(15)11-13/h4,6-7,11,16H,3,5,8-10,12H2,1-2H3. The van der Waals surface area contributed by atoms with Gasteiger partial charge in [0.15, 0.2) is 0 Å².